The molecule has 0 aromatic heterocycles. The molecule has 2 saturated carbocycles. The summed E-state index contributed by atoms with van der Waals surface area (Å²) in [5.41, 5.74) is 3.61. The van der Waals surface area contributed by atoms with Gasteiger partial charge in [0.15, 0.2) is 0 Å². The molecule has 0 heterocycles. The smallest absolute Gasteiger partial charge is 0.338 e. The van der Waals surface area contributed by atoms with Crippen LogP contribution in [0.1, 0.15) is 112 Å². The summed E-state index contributed by atoms with van der Waals surface area (Å²) >= 11 is 0. The van der Waals surface area contributed by atoms with Crippen LogP contribution in [-0.4, -0.2) is 24.1 Å². The minimum Gasteiger partial charge on any atom is -0.458 e. The summed E-state index contributed by atoms with van der Waals surface area (Å²) in [5.74, 6) is 2.72. The number of carbonyl (C=O) groups is 2. The highest BCUT2D eigenvalue weighted by atomic mass is 16.5. The number of aryl methyl sites for hydroxylation is 2. The van der Waals surface area contributed by atoms with E-state index in [1.807, 2.05) is 48.5 Å². The predicted molar refractivity (Wildman–Crippen MR) is 161 cm³/mol. The third-order valence-corrected chi connectivity index (χ3v) is 9.52. The molecule has 0 radical (unpaired) electrons. The lowest BCUT2D eigenvalue weighted by molar-refractivity contribution is -0.0181. The van der Waals surface area contributed by atoms with Crippen LogP contribution in [-0.2, 0) is 22.3 Å². The van der Waals surface area contributed by atoms with Crippen LogP contribution in [0.25, 0.3) is 0 Å². The van der Waals surface area contributed by atoms with Gasteiger partial charge in [-0.15, -0.1) is 0 Å². The lowest BCUT2D eigenvalue weighted by atomic mass is 9.75. The van der Waals surface area contributed by atoms with Crippen LogP contribution in [0.5, 0.6) is 0 Å². The molecule has 2 aromatic rings. The fourth-order valence-corrected chi connectivity index (χ4v) is 6.82. The van der Waals surface area contributed by atoms with Crippen molar-refractivity contribution in [3.8, 4) is 0 Å². The highest BCUT2D eigenvalue weighted by Crippen LogP contribution is 2.37. The summed E-state index contributed by atoms with van der Waals surface area (Å²) in [6.07, 6.45) is 8.39. The van der Waals surface area contributed by atoms with Crippen molar-refractivity contribution in [3.63, 3.8) is 0 Å². The molecule has 0 bridgehead atoms. The van der Waals surface area contributed by atoms with Crippen molar-refractivity contribution in [2.75, 3.05) is 0 Å². The van der Waals surface area contributed by atoms with Crippen LogP contribution >= 0.6 is 0 Å². The minimum atomic E-state index is -0.207. The van der Waals surface area contributed by atoms with E-state index in [2.05, 4.69) is 41.5 Å². The van der Waals surface area contributed by atoms with Gasteiger partial charge >= 0.3 is 11.9 Å². The van der Waals surface area contributed by atoms with Crippen LogP contribution in [0.15, 0.2) is 48.5 Å². The maximum Gasteiger partial charge on any atom is 0.338 e. The molecule has 40 heavy (non-hydrogen) atoms. The first kappa shape index (κ1) is 30.3. The summed E-state index contributed by atoms with van der Waals surface area (Å²) in [7, 11) is 0. The van der Waals surface area contributed by atoms with Crippen LogP contribution in [0.2, 0.25) is 0 Å². The standard InChI is InChI=1S/C36H50O4/c1-23(2)31-19-7-25(5)21-33(31)39-35(37)29-15-11-27(12-16-29)9-10-28-13-17-30(18-14-28)36(38)40-34-22-26(6)8-20-32(34)24(3)4/h11-18,23-26,31-34H,7-10,19-22H2,1-6H3. The van der Waals surface area contributed by atoms with Crippen molar-refractivity contribution in [1.29, 1.82) is 0 Å². The number of rotatable bonds is 9. The van der Waals surface area contributed by atoms with Gasteiger partial charge in [0.25, 0.3) is 0 Å². The van der Waals surface area contributed by atoms with Crippen LogP contribution in [0.3, 0.4) is 0 Å². The quantitative estimate of drug-likeness (QED) is 0.295. The van der Waals surface area contributed by atoms with Gasteiger partial charge in [-0.3, -0.25) is 0 Å². The molecule has 2 fully saturated rings. The molecule has 0 N–H and O–H groups in total. The van der Waals surface area contributed by atoms with Crippen molar-refractivity contribution in [1.82, 2.24) is 0 Å². The first-order valence-corrected chi connectivity index (χ1v) is 15.7. The Labute approximate surface area is 242 Å². The number of ether oxygens (including phenoxy) is 2. The Bertz CT molecular complexity index is 1010. The van der Waals surface area contributed by atoms with E-state index in [1.54, 1.807) is 0 Å². The maximum absolute atomic E-state index is 12.9. The van der Waals surface area contributed by atoms with Gasteiger partial charge in [0.1, 0.15) is 12.2 Å². The highest BCUT2D eigenvalue weighted by molar-refractivity contribution is 5.90. The van der Waals surface area contributed by atoms with E-state index < -0.39 is 0 Å². The largest absolute Gasteiger partial charge is 0.458 e. The summed E-state index contributed by atoms with van der Waals surface area (Å²) < 4.78 is 12.0. The molecule has 2 aliphatic rings. The lowest BCUT2D eigenvalue weighted by Crippen LogP contribution is -2.35. The molecular formula is C36H50O4. The molecule has 0 amide bonds. The Morgan fingerprint density at radius 3 is 1.30 bits per heavy atom. The van der Waals surface area contributed by atoms with Crippen molar-refractivity contribution >= 4 is 11.9 Å². The highest BCUT2D eigenvalue weighted by Gasteiger charge is 2.34. The summed E-state index contributed by atoms with van der Waals surface area (Å²) in [6, 6.07) is 15.7. The van der Waals surface area contributed by atoms with Gasteiger partial charge < -0.3 is 9.47 Å². The van der Waals surface area contributed by atoms with Crippen molar-refractivity contribution < 1.29 is 19.1 Å². The van der Waals surface area contributed by atoms with E-state index in [9.17, 15) is 9.59 Å². The van der Waals surface area contributed by atoms with E-state index in [4.69, 9.17) is 9.47 Å². The molecule has 2 aromatic carbocycles. The number of hydrogen-bond donors (Lipinski definition) is 0. The van der Waals surface area contributed by atoms with Crippen LogP contribution in [0, 0.1) is 35.5 Å². The van der Waals surface area contributed by atoms with Gasteiger partial charge in [-0.2, -0.15) is 0 Å². The van der Waals surface area contributed by atoms with Crippen molar-refractivity contribution in [3.05, 3.63) is 70.8 Å². The Kier molecular flexibility index (Phi) is 10.5. The Morgan fingerprint density at radius 2 is 0.975 bits per heavy atom. The zero-order valence-electron chi connectivity index (χ0n) is 25.5. The monoisotopic (exact) mass is 546 g/mol. The van der Waals surface area contributed by atoms with Crippen LogP contribution < -0.4 is 0 Å². The second-order valence-corrected chi connectivity index (χ2v) is 13.4. The summed E-state index contributed by atoms with van der Waals surface area (Å²) in [5, 5.41) is 0. The topological polar surface area (TPSA) is 52.6 Å². The first-order valence-electron chi connectivity index (χ1n) is 15.7. The normalized spacial score (nSPS) is 27.0. The average Bonchev–Trinajstić information content (AvgIpc) is 2.92. The molecule has 4 rings (SSSR count). The molecular weight excluding hydrogens is 496 g/mol. The second-order valence-electron chi connectivity index (χ2n) is 13.4. The molecule has 2 aliphatic carbocycles. The Hall–Kier alpha value is -2.62. The molecule has 0 saturated heterocycles. The summed E-state index contributed by atoms with van der Waals surface area (Å²) in [6.45, 7) is 13.4. The predicted octanol–water partition coefficient (Wildman–Crippen LogP) is 8.71. The van der Waals surface area contributed by atoms with E-state index in [-0.39, 0.29) is 24.1 Å². The number of hydrogen-bond acceptors (Lipinski definition) is 4. The van der Waals surface area contributed by atoms with E-state index >= 15 is 0 Å². The molecule has 6 atom stereocenters. The average molecular weight is 547 g/mol. The second kappa shape index (κ2) is 13.8. The Morgan fingerprint density at radius 1 is 0.625 bits per heavy atom. The number of carbonyl (C=O) groups excluding carboxylic acids is 2. The van der Waals surface area contributed by atoms with Gasteiger partial charge in [-0.05, 0) is 109 Å². The fraction of sp³-hybridized carbons (Fsp3) is 0.611. The van der Waals surface area contributed by atoms with E-state index in [0.717, 1.165) is 38.5 Å². The number of benzene rings is 2. The van der Waals surface area contributed by atoms with Gasteiger partial charge in [0.05, 0.1) is 11.1 Å². The van der Waals surface area contributed by atoms with Gasteiger partial charge in [0.2, 0.25) is 0 Å². The SMILES string of the molecule is CC1CCC(C(C)C)C(OC(=O)c2ccc(CCc3ccc(C(=O)OC4CC(C)CCC4C(C)C)cc3)cc2)C1. The molecule has 4 heteroatoms. The zero-order valence-corrected chi connectivity index (χ0v) is 25.5. The molecule has 0 spiro atoms. The zero-order chi connectivity index (χ0) is 28.8. The van der Waals surface area contributed by atoms with E-state index in [1.165, 1.54) is 24.0 Å². The van der Waals surface area contributed by atoms with Crippen molar-refractivity contribution in [2.24, 2.45) is 35.5 Å². The third-order valence-electron chi connectivity index (χ3n) is 9.52. The van der Waals surface area contributed by atoms with Gasteiger partial charge in [0, 0.05) is 0 Å². The summed E-state index contributed by atoms with van der Waals surface area (Å²) in [4.78, 5) is 25.8. The minimum absolute atomic E-state index is 0.0130. The third kappa shape index (κ3) is 7.98. The first-order chi connectivity index (χ1) is 19.1. The van der Waals surface area contributed by atoms with E-state index in [0.29, 0.717) is 46.6 Å². The molecule has 218 valence electrons. The molecule has 6 unspecified atom stereocenters. The molecule has 4 nitrogen and oxygen atoms in total. The lowest BCUT2D eigenvalue weighted by Gasteiger charge is -2.36. The van der Waals surface area contributed by atoms with Gasteiger partial charge in [-0.1, -0.05) is 78.6 Å². The maximum atomic E-state index is 12.9. The Balaban J connectivity index is 1.28. The van der Waals surface area contributed by atoms with Crippen molar-refractivity contribution in [2.45, 2.75) is 105 Å². The van der Waals surface area contributed by atoms with Crippen LogP contribution in [0.4, 0.5) is 0 Å². The fourth-order valence-electron chi connectivity index (χ4n) is 6.82. The van der Waals surface area contributed by atoms with Gasteiger partial charge in [-0.25, -0.2) is 9.59 Å². The number of esters is 2. The molecule has 0 aliphatic heterocycles.